The standard InChI is InChI=1S/C21H28N2S2.C10H9Cl4NO2S/c1-5-6-14-24-20(23-19-8-7-13-22-15-19)25-16-17-9-11-18(12-10-17)21(2,3)4;11-9(12)10(13,14)18-15-7(16)5-3-1-2-4-6(5)8(15)17/h7-13,15H,5-6,14,16H2,1-4H3;1-2,5-6,9H,3-4H2/b23-20+;. The second-order valence-corrected chi connectivity index (χ2v) is 17.5. The molecule has 0 spiro atoms. The average Bonchev–Trinajstić information content (AvgIpc) is 3.21. The van der Waals surface area contributed by atoms with Gasteiger partial charge in [0.2, 0.25) is 15.5 Å². The van der Waals surface area contributed by atoms with Gasteiger partial charge in [0.15, 0.2) is 4.84 Å². The summed E-state index contributed by atoms with van der Waals surface area (Å²) in [5.41, 5.74) is 3.85. The van der Waals surface area contributed by atoms with Crippen LogP contribution in [0.15, 0.2) is 65.9 Å². The Hall–Kier alpha value is -0.870. The Bertz CT molecular complexity index is 1240. The first-order valence-electron chi connectivity index (χ1n) is 14.0. The molecule has 2 unspecified atom stereocenters. The van der Waals surface area contributed by atoms with Gasteiger partial charge in [0, 0.05) is 23.9 Å². The molecule has 1 aliphatic heterocycles. The molecule has 4 rings (SSSR count). The van der Waals surface area contributed by atoms with Crippen LogP contribution in [-0.4, -0.2) is 39.7 Å². The van der Waals surface area contributed by atoms with E-state index < -0.39 is 8.50 Å². The number of pyridine rings is 1. The Morgan fingerprint density at radius 3 is 2.16 bits per heavy atom. The van der Waals surface area contributed by atoms with Crippen molar-refractivity contribution in [2.24, 2.45) is 16.8 Å². The Balaban J connectivity index is 0.000000248. The molecule has 1 fully saturated rings. The highest BCUT2D eigenvalue weighted by atomic mass is 35.5. The first kappa shape index (κ1) is 36.6. The predicted molar refractivity (Wildman–Crippen MR) is 190 cm³/mol. The van der Waals surface area contributed by atoms with Gasteiger partial charge in [0.25, 0.3) is 0 Å². The number of hydrogen-bond donors (Lipinski definition) is 0. The first-order chi connectivity index (χ1) is 20.3. The van der Waals surface area contributed by atoms with Crippen molar-refractivity contribution < 1.29 is 9.59 Å². The van der Waals surface area contributed by atoms with E-state index in [0.29, 0.717) is 24.8 Å². The second-order valence-electron chi connectivity index (χ2n) is 11.1. The van der Waals surface area contributed by atoms with Crippen molar-refractivity contribution in [2.75, 3.05) is 5.75 Å². The highest BCUT2D eigenvalue weighted by Gasteiger charge is 2.51. The third-order valence-corrected chi connectivity index (χ3v) is 12.3. The summed E-state index contributed by atoms with van der Waals surface area (Å²) in [4.78, 5) is 32.0. The van der Waals surface area contributed by atoms with Crippen molar-refractivity contribution in [3.8, 4) is 0 Å². The van der Waals surface area contributed by atoms with Gasteiger partial charge in [-0.05, 0) is 53.7 Å². The maximum absolute atomic E-state index is 12.1. The summed E-state index contributed by atoms with van der Waals surface area (Å²) in [6.45, 7) is 8.97. The summed E-state index contributed by atoms with van der Waals surface area (Å²) >= 11 is 27.3. The number of imide groups is 1. The van der Waals surface area contributed by atoms with E-state index in [9.17, 15) is 9.59 Å². The van der Waals surface area contributed by atoms with Gasteiger partial charge in [0.05, 0.1) is 23.7 Å². The van der Waals surface area contributed by atoms with E-state index in [0.717, 1.165) is 25.9 Å². The van der Waals surface area contributed by atoms with E-state index in [1.807, 2.05) is 54.0 Å². The number of thioether (sulfide) groups is 2. The monoisotopic (exact) mass is 719 g/mol. The lowest BCUT2D eigenvalue weighted by Crippen LogP contribution is -2.31. The Labute approximate surface area is 288 Å². The molecule has 2 aliphatic rings. The van der Waals surface area contributed by atoms with Gasteiger partial charge in [-0.15, -0.1) is 23.2 Å². The maximum atomic E-state index is 12.1. The number of alkyl halides is 4. The molecule has 1 saturated heterocycles. The molecule has 2 heterocycles. The molecular weight excluding hydrogens is 684 g/mol. The van der Waals surface area contributed by atoms with Crippen LogP contribution in [0.25, 0.3) is 0 Å². The van der Waals surface area contributed by atoms with Gasteiger partial charge in [-0.1, -0.05) is 117 Å². The van der Waals surface area contributed by atoms with E-state index in [4.69, 9.17) is 51.4 Å². The minimum absolute atomic E-state index is 0.203. The number of carbonyl (C=O) groups excluding carboxylic acids is 2. The molecule has 1 aromatic heterocycles. The third kappa shape index (κ3) is 11.2. The topological polar surface area (TPSA) is 62.6 Å². The van der Waals surface area contributed by atoms with E-state index in [-0.39, 0.29) is 29.1 Å². The number of halogens is 4. The average molecular weight is 722 g/mol. The number of benzene rings is 1. The number of rotatable bonds is 9. The molecule has 234 valence electrons. The normalized spacial score (nSPS) is 19.0. The fourth-order valence-corrected chi connectivity index (χ4v) is 7.82. The second kappa shape index (κ2) is 17.2. The molecule has 0 bridgehead atoms. The molecular formula is C31H37Cl4N3O2S3. The van der Waals surface area contributed by atoms with Crippen LogP contribution in [0.2, 0.25) is 0 Å². The van der Waals surface area contributed by atoms with Gasteiger partial charge in [0.1, 0.15) is 4.38 Å². The van der Waals surface area contributed by atoms with Crippen LogP contribution in [0.5, 0.6) is 0 Å². The lowest BCUT2D eigenvalue weighted by Gasteiger charge is -2.24. The van der Waals surface area contributed by atoms with Crippen molar-refractivity contribution in [1.29, 1.82) is 0 Å². The minimum atomic E-state index is -1.63. The van der Waals surface area contributed by atoms with Gasteiger partial charge in [-0.25, -0.2) is 9.30 Å². The Kier molecular flexibility index (Phi) is 14.6. The van der Waals surface area contributed by atoms with E-state index in [2.05, 4.69) is 56.9 Å². The maximum Gasteiger partial charge on any atom is 0.243 e. The van der Waals surface area contributed by atoms with Crippen LogP contribution in [-0.2, 0) is 20.8 Å². The van der Waals surface area contributed by atoms with Crippen LogP contribution >= 0.6 is 81.9 Å². The van der Waals surface area contributed by atoms with Crippen LogP contribution in [0.3, 0.4) is 0 Å². The number of aromatic nitrogens is 1. The van der Waals surface area contributed by atoms with Crippen LogP contribution in [0.1, 0.15) is 64.5 Å². The first-order valence-corrected chi connectivity index (χ1v) is 18.4. The number of allylic oxidation sites excluding steroid dienone is 2. The van der Waals surface area contributed by atoms with Crippen molar-refractivity contribution in [3.63, 3.8) is 0 Å². The zero-order valence-electron chi connectivity index (χ0n) is 24.6. The molecule has 12 heteroatoms. The molecule has 1 aliphatic carbocycles. The summed E-state index contributed by atoms with van der Waals surface area (Å²) in [7, 11) is 0. The SMILES string of the molecule is CCCCS/C(=N\c1cccnc1)SCc1ccc(C(C)(C)C)cc1.O=C1C2CC=CCC2C(=O)N1SC(Cl)(Cl)C(Cl)Cl. The number of unbranched alkanes of at least 4 members (excludes halogenated alkanes) is 1. The van der Waals surface area contributed by atoms with Crippen molar-refractivity contribution in [1.82, 2.24) is 9.29 Å². The number of amides is 2. The van der Waals surface area contributed by atoms with Gasteiger partial charge in [-0.2, -0.15) is 0 Å². The summed E-state index contributed by atoms with van der Waals surface area (Å²) in [5, 5.41) is 0. The number of hydrogen-bond acceptors (Lipinski definition) is 7. The highest BCUT2D eigenvalue weighted by molar-refractivity contribution is 8.38. The van der Waals surface area contributed by atoms with Crippen LogP contribution in [0.4, 0.5) is 5.69 Å². The zero-order valence-corrected chi connectivity index (χ0v) is 30.1. The summed E-state index contributed by atoms with van der Waals surface area (Å²) < 4.78 is 0.497. The Morgan fingerprint density at radius 2 is 1.65 bits per heavy atom. The largest absolute Gasteiger partial charge is 0.273 e. The van der Waals surface area contributed by atoms with Gasteiger partial charge >= 0.3 is 0 Å². The molecule has 2 amide bonds. The smallest absolute Gasteiger partial charge is 0.243 e. The number of carbonyl (C=O) groups is 2. The molecule has 0 radical (unpaired) electrons. The molecule has 0 N–H and O–H groups in total. The van der Waals surface area contributed by atoms with Crippen molar-refractivity contribution in [3.05, 3.63) is 72.1 Å². The number of aliphatic imine (C=N–C) groups is 1. The third-order valence-electron chi connectivity index (χ3n) is 6.71. The molecule has 1 aromatic carbocycles. The van der Waals surface area contributed by atoms with Crippen LogP contribution in [0, 0.1) is 11.8 Å². The van der Waals surface area contributed by atoms with E-state index in [1.165, 1.54) is 24.0 Å². The van der Waals surface area contributed by atoms with Gasteiger partial charge < -0.3 is 0 Å². The predicted octanol–water partition coefficient (Wildman–Crippen LogP) is 10.4. The number of fused-ring (bicyclic) bond motifs is 1. The van der Waals surface area contributed by atoms with E-state index in [1.54, 1.807) is 6.20 Å². The minimum Gasteiger partial charge on any atom is -0.273 e. The molecule has 43 heavy (non-hydrogen) atoms. The summed E-state index contributed by atoms with van der Waals surface area (Å²) in [6.07, 6.45) is 11.0. The molecule has 0 saturated carbocycles. The number of nitrogens with zero attached hydrogens (tertiary/aromatic N) is 3. The van der Waals surface area contributed by atoms with Crippen molar-refractivity contribution >= 4 is 104 Å². The Morgan fingerprint density at radius 1 is 1.02 bits per heavy atom. The van der Waals surface area contributed by atoms with Gasteiger partial charge in [-0.3, -0.25) is 14.6 Å². The summed E-state index contributed by atoms with van der Waals surface area (Å²) in [5.74, 6) is 0.873. The fourth-order valence-electron chi connectivity index (χ4n) is 4.20. The van der Waals surface area contributed by atoms with Crippen LogP contribution < -0.4 is 0 Å². The molecule has 5 nitrogen and oxygen atoms in total. The lowest BCUT2D eigenvalue weighted by molar-refractivity contribution is -0.133. The van der Waals surface area contributed by atoms with Crippen molar-refractivity contribution in [2.45, 2.75) is 73.0 Å². The molecule has 2 aromatic rings. The molecule has 2 atom stereocenters. The quantitative estimate of drug-likeness (QED) is 0.0489. The highest BCUT2D eigenvalue weighted by Crippen LogP contribution is 2.48. The lowest BCUT2D eigenvalue weighted by atomic mass is 9.85. The summed E-state index contributed by atoms with van der Waals surface area (Å²) in [6, 6.07) is 12.9. The van der Waals surface area contributed by atoms with E-state index >= 15 is 0 Å². The fraction of sp³-hybridized carbons (Fsp3) is 0.484. The zero-order chi connectivity index (χ0) is 31.6.